The van der Waals surface area contributed by atoms with Crippen LogP contribution in [0.4, 0.5) is 0 Å². The highest BCUT2D eigenvalue weighted by Gasteiger charge is 2.72. The fourth-order valence-corrected chi connectivity index (χ4v) is 7.04. The quantitative estimate of drug-likeness (QED) is 0.142. The highest BCUT2D eigenvalue weighted by atomic mass is 16.8. The number of esters is 4. The van der Waals surface area contributed by atoms with Crippen molar-refractivity contribution in [2.45, 2.75) is 92.5 Å². The first-order valence-electron chi connectivity index (χ1n) is 15.2. The number of rotatable bonds is 9. The fourth-order valence-electron chi connectivity index (χ4n) is 7.04. The van der Waals surface area contributed by atoms with E-state index >= 15 is 0 Å². The minimum Gasteiger partial charge on any atom is -0.458 e. The van der Waals surface area contributed by atoms with Crippen LogP contribution in [0.15, 0.2) is 66.3 Å². The molecule has 0 aromatic heterocycles. The number of hydrogen-bond acceptors (Lipinski definition) is 9. The number of benzene rings is 1. The Kier molecular flexibility index (Phi) is 9.88. The Balaban J connectivity index is 1.96. The largest absolute Gasteiger partial charge is 0.458 e. The summed E-state index contributed by atoms with van der Waals surface area (Å²) in [4.78, 5) is 51.3. The van der Waals surface area contributed by atoms with E-state index in [4.69, 9.17) is 23.7 Å². The van der Waals surface area contributed by atoms with Gasteiger partial charge in [-0.25, -0.2) is 4.79 Å². The van der Waals surface area contributed by atoms with E-state index in [1.807, 2.05) is 13.0 Å². The lowest BCUT2D eigenvalue weighted by atomic mass is 9.45. The highest BCUT2D eigenvalue weighted by Crippen LogP contribution is 2.68. The molecule has 1 saturated heterocycles. The van der Waals surface area contributed by atoms with Crippen LogP contribution in [-0.2, 0) is 38.1 Å². The average molecular weight is 609 g/mol. The molecule has 2 aliphatic carbocycles. The van der Waals surface area contributed by atoms with E-state index in [9.17, 15) is 19.2 Å². The van der Waals surface area contributed by atoms with Gasteiger partial charge < -0.3 is 18.9 Å². The molecule has 1 saturated carbocycles. The predicted octanol–water partition coefficient (Wildman–Crippen LogP) is 6.09. The average Bonchev–Trinajstić information content (AvgIpc) is 3.26. The normalized spacial score (nSPS) is 32.9. The number of ether oxygens (including phenoxy) is 5. The first kappa shape index (κ1) is 33.2. The molecule has 238 valence electrons. The van der Waals surface area contributed by atoms with Gasteiger partial charge in [0, 0.05) is 19.4 Å². The molecule has 9 nitrogen and oxygen atoms in total. The molecule has 44 heavy (non-hydrogen) atoms. The Hall–Kier alpha value is -3.72. The lowest BCUT2D eigenvalue weighted by Crippen LogP contribution is -2.64. The minimum absolute atomic E-state index is 0.00730. The summed E-state index contributed by atoms with van der Waals surface area (Å²) in [6, 6.07) is 8.66. The fraction of sp³-hybridized carbons (Fsp3) is 0.543. The SMILES string of the molecule is C=CC(C)=CC[C@]1(C)[C@H]2C[C@H](OC(=O)C(C)C)C=C3[C@@H](OC(C)=O)O[C@@H](OC(C)=O)[C@@]32[C@H](OC(=O)c2ccccc2)C[C@@H]1C. The summed E-state index contributed by atoms with van der Waals surface area (Å²) in [6.45, 7) is 16.2. The lowest BCUT2D eigenvalue weighted by molar-refractivity contribution is -0.253. The van der Waals surface area contributed by atoms with Gasteiger partial charge in [-0.2, -0.15) is 0 Å². The first-order valence-corrected chi connectivity index (χ1v) is 15.2. The second kappa shape index (κ2) is 13.1. The first-order chi connectivity index (χ1) is 20.7. The van der Waals surface area contributed by atoms with Gasteiger partial charge in [-0.15, -0.1) is 0 Å². The molecule has 0 amide bonds. The van der Waals surface area contributed by atoms with E-state index in [-0.39, 0.29) is 17.8 Å². The Bertz CT molecular complexity index is 1340. The van der Waals surface area contributed by atoms with Gasteiger partial charge in [0.2, 0.25) is 12.6 Å². The van der Waals surface area contributed by atoms with Gasteiger partial charge in [-0.1, -0.05) is 70.2 Å². The third-order valence-electron chi connectivity index (χ3n) is 9.55. The number of allylic oxidation sites excluding steroid dienone is 3. The lowest BCUT2D eigenvalue weighted by Gasteiger charge is -2.60. The molecule has 3 aliphatic rings. The maximum atomic E-state index is 13.6. The zero-order valence-corrected chi connectivity index (χ0v) is 26.7. The maximum absolute atomic E-state index is 13.6. The molecule has 0 unspecified atom stereocenters. The summed E-state index contributed by atoms with van der Waals surface area (Å²) >= 11 is 0. The molecule has 1 spiro atoms. The molecule has 2 fully saturated rings. The van der Waals surface area contributed by atoms with Crippen LogP contribution in [0, 0.1) is 28.6 Å². The summed E-state index contributed by atoms with van der Waals surface area (Å²) < 4.78 is 30.1. The van der Waals surface area contributed by atoms with Crippen LogP contribution >= 0.6 is 0 Å². The van der Waals surface area contributed by atoms with Gasteiger partial charge in [-0.3, -0.25) is 19.1 Å². The van der Waals surface area contributed by atoms with Crippen molar-refractivity contribution in [2.75, 3.05) is 0 Å². The zero-order valence-electron chi connectivity index (χ0n) is 26.7. The molecular formula is C35H44O9. The third-order valence-corrected chi connectivity index (χ3v) is 9.55. The maximum Gasteiger partial charge on any atom is 0.338 e. The Labute approximate surface area is 259 Å². The molecular weight excluding hydrogens is 564 g/mol. The number of hydrogen-bond donors (Lipinski definition) is 0. The standard InChI is InChI=1S/C35H44O9/c1-9-21(4)15-16-34(8)22(5)17-29(43-31(39)25-13-11-10-12-14-25)35-27(18-26(19-28(34)35)42-30(38)20(2)3)32(40-23(6)36)44-33(35)41-24(7)37/h9-15,18,20,22,26,28-29,32-33H,1,16-17,19H2,2-8H3/t22-,26+,28+,29+,32-,33+,34-,35-/m0/s1. The molecule has 4 rings (SSSR count). The van der Waals surface area contributed by atoms with Crippen LogP contribution < -0.4 is 0 Å². The van der Waals surface area contributed by atoms with E-state index < -0.39 is 59.4 Å². The van der Waals surface area contributed by atoms with Crippen LogP contribution in [0.3, 0.4) is 0 Å². The second-order valence-corrected chi connectivity index (χ2v) is 12.8. The van der Waals surface area contributed by atoms with Crippen LogP contribution in [-0.4, -0.2) is 48.7 Å². The van der Waals surface area contributed by atoms with Crippen molar-refractivity contribution in [3.63, 3.8) is 0 Å². The molecule has 1 heterocycles. The topological polar surface area (TPSA) is 114 Å². The predicted molar refractivity (Wildman–Crippen MR) is 162 cm³/mol. The van der Waals surface area contributed by atoms with E-state index in [0.717, 1.165) is 5.57 Å². The van der Waals surface area contributed by atoms with Crippen molar-refractivity contribution in [2.24, 2.45) is 28.6 Å². The Morgan fingerprint density at radius 1 is 1.00 bits per heavy atom. The van der Waals surface area contributed by atoms with Crippen molar-refractivity contribution in [1.29, 1.82) is 0 Å². The number of carbonyl (C=O) groups is 4. The van der Waals surface area contributed by atoms with Gasteiger partial charge in [0.1, 0.15) is 17.6 Å². The van der Waals surface area contributed by atoms with Crippen LogP contribution in [0.5, 0.6) is 0 Å². The Morgan fingerprint density at radius 3 is 2.25 bits per heavy atom. The summed E-state index contributed by atoms with van der Waals surface area (Å²) in [5.74, 6) is -2.90. The van der Waals surface area contributed by atoms with Crippen molar-refractivity contribution in [1.82, 2.24) is 0 Å². The van der Waals surface area contributed by atoms with Gasteiger partial charge in [0.25, 0.3) is 0 Å². The molecule has 8 atom stereocenters. The van der Waals surface area contributed by atoms with Crippen molar-refractivity contribution < 1.29 is 42.9 Å². The molecule has 0 N–H and O–H groups in total. The minimum atomic E-state index is -1.25. The smallest absolute Gasteiger partial charge is 0.338 e. The molecule has 1 aromatic carbocycles. The summed E-state index contributed by atoms with van der Waals surface area (Å²) in [5, 5.41) is 0. The molecule has 9 heteroatoms. The zero-order chi connectivity index (χ0) is 32.4. The monoisotopic (exact) mass is 608 g/mol. The molecule has 0 bridgehead atoms. The summed E-state index contributed by atoms with van der Waals surface area (Å²) in [5.41, 5.74) is 0.0975. The molecule has 1 aromatic rings. The molecule has 1 aliphatic heterocycles. The second-order valence-electron chi connectivity index (χ2n) is 12.8. The van der Waals surface area contributed by atoms with Crippen LogP contribution in [0.2, 0.25) is 0 Å². The summed E-state index contributed by atoms with van der Waals surface area (Å²) in [6.07, 6.45) is 2.99. The van der Waals surface area contributed by atoms with Gasteiger partial charge in [0.05, 0.1) is 11.5 Å². The highest BCUT2D eigenvalue weighted by molar-refractivity contribution is 5.89. The summed E-state index contributed by atoms with van der Waals surface area (Å²) in [7, 11) is 0. The number of carbonyl (C=O) groups excluding carboxylic acids is 4. The van der Waals surface area contributed by atoms with Crippen LogP contribution in [0.25, 0.3) is 0 Å². The van der Waals surface area contributed by atoms with E-state index in [2.05, 4.69) is 26.5 Å². The van der Waals surface area contributed by atoms with E-state index in [0.29, 0.717) is 30.4 Å². The van der Waals surface area contributed by atoms with Gasteiger partial charge >= 0.3 is 23.9 Å². The third kappa shape index (κ3) is 6.25. The van der Waals surface area contributed by atoms with Crippen molar-refractivity contribution in [3.05, 3.63) is 71.8 Å². The van der Waals surface area contributed by atoms with E-state index in [1.54, 1.807) is 50.3 Å². The van der Waals surface area contributed by atoms with Crippen LogP contribution in [0.1, 0.15) is 78.1 Å². The Morgan fingerprint density at radius 2 is 1.66 bits per heavy atom. The van der Waals surface area contributed by atoms with Crippen molar-refractivity contribution >= 4 is 23.9 Å². The van der Waals surface area contributed by atoms with Gasteiger partial charge in [0.15, 0.2) is 0 Å². The van der Waals surface area contributed by atoms with E-state index in [1.165, 1.54) is 13.8 Å². The van der Waals surface area contributed by atoms with Crippen molar-refractivity contribution in [3.8, 4) is 0 Å². The molecule has 0 radical (unpaired) electrons. The van der Waals surface area contributed by atoms with Gasteiger partial charge in [-0.05, 0) is 61.6 Å².